The molecule has 0 unspecified atom stereocenters. The van der Waals surface area contributed by atoms with Gasteiger partial charge in [-0.05, 0) is 30.7 Å². The van der Waals surface area contributed by atoms with Gasteiger partial charge in [0.1, 0.15) is 12.4 Å². The molecule has 3 aromatic rings. The quantitative estimate of drug-likeness (QED) is 0.684. The summed E-state index contributed by atoms with van der Waals surface area (Å²) in [6, 6.07) is 10.1. The number of nitrogens with one attached hydrogen (secondary N) is 2. The normalized spacial score (nSPS) is 10.6. The molecule has 22 heavy (non-hydrogen) atoms. The van der Waals surface area contributed by atoms with E-state index in [0.717, 1.165) is 33.7 Å². The van der Waals surface area contributed by atoms with Gasteiger partial charge in [-0.2, -0.15) is 5.10 Å². The second-order valence-corrected chi connectivity index (χ2v) is 5.04. The summed E-state index contributed by atoms with van der Waals surface area (Å²) in [7, 11) is 0. The lowest BCUT2D eigenvalue weighted by Gasteiger charge is -2.08. The van der Waals surface area contributed by atoms with Gasteiger partial charge in [0.2, 0.25) is 0 Å². The highest BCUT2D eigenvalue weighted by Crippen LogP contribution is 2.19. The van der Waals surface area contributed by atoms with Gasteiger partial charge in [0.25, 0.3) is 0 Å². The van der Waals surface area contributed by atoms with Crippen molar-refractivity contribution in [1.82, 2.24) is 15.2 Å². The highest BCUT2D eigenvalue weighted by Gasteiger charge is 2.04. The van der Waals surface area contributed by atoms with Crippen LogP contribution < -0.4 is 10.1 Å². The number of fused-ring (bicyclic) bond motifs is 1. The molecule has 5 heteroatoms. The first kappa shape index (κ1) is 14.1. The molecule has 5 nitrogen and oxygen atoms in total. The van der Waals surface area contributed by atoms with E-state index in [1.54, 1.807) is 12.3 Å². The minimum atomic E-state index is 0.511. The van der Waals surface area contributed by atoms with Gasteiger partial charge in [0, 0.05) is 17.6 Å². The topological polar surface area (TPSA) is 62.8 Å². The lowest BCUT2D eigenvalue weighted by atomic mass is 10.2. The number of nitrogens with zero attached hydrogens (tertiary/aromatic N) is 2. The van der Waals surface area contributed by atoms with Gasteiger partial charge in [-0.3, -0.25) is 5.10 Å². The van der Waals surface area contributed by atoms with E-state index in [2.05, 4.69) is 39.2 Å². The largest absolute Gasteiger partial charge is 0.490 e. The van der Waals surface area contributed by atoms with E-state index < -0.39 is 0 Å². The molecule has 0 radical (unpaired) electrons. The summed E-state index contributed by atoms with van der Waals surface area (Å²) < 4.78 is 5.54. The molecule has 0 aliphatic heterocycles. The van der Waals surface area contributed by atoms with Gasteiger partial charge in [-0.15, -0.1) is 0 Å². The van der Waals surface area contributed by atoms with Crippen LogP contribution in [0.1, 0.15) is 11.3 Å². The van der Waals surface area contributed by atoms with Crippen LogP contribution in [0.25, 0.3) is 11.0 Å². The lowest BCUT2D eigenvalue weighted by molar-refractivity contribution is 0.363. The molecule has 0 saturated heterocycles. The summed E-state index contributed by atoms with van der Waals surface area (Å²) in [6.45, 7) is 6.85. The van der Waals surface area contributed by atoms with Crippen LogP contribution >= 0.6 is 0 Å². The predicted octanol–water partition coefficient (Wildman–Crippen LogP) is 3.44. The Morgan fingerprint density at radius 1 is 1.36 bits per heavy atom. The maximum absolute atomic E-state index is 5.54. The number of hydrogen-bond donors (Lipinski definition) is 2. The average molecular weight is 294 g/mol. The minimum absolute atomic E-state index is 0.511. The Bertz CT molecular complexity index is 794. The van der Waals surface area contributed by atoms with Crippen LogP contribution in [-0.2, 0) is 6.54 Å². The van der Waals surface area contributed by atoms with Gasteiger partial charge in [-0.1, -0.05) is 24.8 Å². The van der Waals surface area contributed by atoms with Crippen molar-refractivity contribution in [3.8, 4) is 5.75 Å². The van der Waals surface area contributed by atoms with Gasteiger partial charge in [0.05, 0.1) is 11.9 Å². The van der Waals surface area contributed by atoms with Crippen molar-refractivity contribution in [2.45, 2.75) is 13.5 Å². The van der Waals surface area contributed by atoms with Crippen LogP contribution in [-0.4, -0.2) is 21.8 Å². The van der Waals surface area contributed by atoms with Crippen LogP contribution in [0.15, 0.2) is 49.2 Å². The summed E-state index contributed by atoms with van der Waals surface area (Å²) in [5.74, 6) is 0.846. The second kappa shape index (κ2) is 6.30. The highest BCUT2D eigenvalue weighted by atomic mass is 16.5. The Morgan fingerprint density at radius 3 is 3.14 bits per heavy atom. The number of H-pyrrole nitrogens is 1. The van der Waals surface area contributed by atoms with E-state index in [4.69, 9.17) is 4.74 Å². The fraction of sp³-hybridized carbons (Fsp3) is 0.176. The predicted molar refractivity (Wildman–Crippen MR) is 88.1 cm³/mol. The van der Waals surface area contributed by atoms with Crippen LogP contribution in [0.5, 0.6) is 5.75 Å². The molecule has 2 N–H and O–H groups in total. The van der Waals surface area contributed by atoms with Crippen molar-refractivity contribution in [3.05, 3.63) is 60.4 Å². The van der Waals surface area contributed by atoms with Crippen molar-refractivity contribution >= 4 is 16.7 Å². The Hall–Kier alpha value is -2.82. The monoisotopic (exact) mass is 294 g/mol. The number of anilines is 1. The van der Waals surface area contributed by atoms with Crippen molar-refractivity contribution in [2.75, 3.05) is 11.9 Å². The Balaban J connectivity index is 1.70. The highest BCUT2D eigenvalue weighted by molar-refractivity contribution is 5.80. The van der Waals surface area contributed by atoms with Gasteiger partial charge in [-0.25, -0.2) is 4.98 Å². The van der Waals surface area contributed by atoms with Crippen molar-refractivity contribution < 1.29 is 4.74 Å². The van der Waals surface area contributed by atoms with Crippen LogP contribution in [0.2, 0.25) is 0 Å². The zero-order valence-corrected chi connectivity index (χ0v) is 12.5. The smallest absolute Gasteiger partial charge is 0.181 e. The third kappa shape index (κ3) is 3.09. The number of aryl methyl sites for hydroxylation is 1. The molecule has 0 saturated carbocycles. The Morgan fingerprint density at radius 2 is 2.27 bits per heavy atom. The summed E-state index contributed by atoms with van der Waals surface area (Å²) in [5.41, 5.74) is 3.87. The van der Waals surface area contributed by atoms with E-state index in [-0.39, 0.29) is 0 Å². The fourth-order valence-corrected chi connectivity index (χ4v) is 2.22. The molecule has 3 rings (SSSR count). The van der Waals surface area contributed by atoms with E-state index in [9.17, 15) is 0 Å². The number of hydrogen-bond acceptors (Lipinski definition) is 4. The lowest BCUT2D eigenvalue weighted by Crippen LogP contribution is -2.01. The molecule has 2 aromatic heterocycles. The third-order valence-electron chi connectivity index (χ3n) is 3.36. The molecule has 0 aliphatic carbocycles. The molecule has 0 amide bonds. The minimum Gasteiger partial charge on any atom is -0.490 e. The van der Waals surface area contributed by atoms with Gasteiger partial charge in [0.15, 0.2) is 5.65 Å². The third-order valence-corrected chi connectivity index (χ3v) is 3.36. The van der Waals surface area contributed by atoms with E-state index >= 15 is 0 Å². The molecule has 0 spiro atoms. The molecule has 0 bridgehead atoms. The first-order valence-corrected chi connectivity index (χ1v) is 7.13. The summed E-state index contributed by atoms with van der Waals surface area (Å²) in [4.78, 5) is 4.33. The number of benzene rings is 1. The average Bonchev–Trinajstić information content (AvgIpc) is 2.92. The van der Waals surface area contributed by atoms with Gasteiger partial charge >= 0.3 is 0 Å². The van der Waals surface area contributed by atoms with Crippen LogP contribution in [0.4, 0.5) is 5.69 Å². The molecule has 0 aliphatic rings. The molecular formula is C17H18N4O. The fourth-order valence-electron chi connectivity index (χ4n) is 2.22. The zero-order chi connectivity index (χ0) is 15.4. The standard InChI is InChI=1S/C17H18N4O/c1-3-7-22-15-6-4-5-13(8-15)10-18-14-9-16-12(2)20-21-17(16)19-11-14/h3-6,8-9,11,18H,1,7,10H2,2H3,(H,19,20,21). The van der Waals surface area contributed by atoms with E-state index in [0.29, 0.717) is 13.2 Å². The number of aromatic nitrogens is 3. The molecule has 2 heterocycles. The Labute approximate surface area is 129 Å². The molecule has 1 aromatic carbocycles. The van der Waals surface area contributed by atoms with Crippen molar-refractivity contribution in [3.63, 3.8) is 0 Å². The zero-order valence-electron chi connectivity index (χ0n) is 12.5. The summed E-state index contributed by atoms with van der Waals surface area (Å²) in [6.07, 6.45) is 3.53. The summed E-state index contributed by atoms with van der Waals surface area (Å²) >= 11 is 0. The summed E-state index contributed by atoms with van der Waals surface area (Å²) in [5, 5.41) is 11.5. The van der Waals surface area contributed by atoms with Gasteiger partial charge < -0.3 is 10.1 Å². The molecule has 0 atom stereocenters. The van der Waals surface area contributed by atoms with Crippen LogP contribution in [0, 0.1) is 6.92 Å². The Kier molecular flexibility index (Phi) is 4.05. The van der Waals surface area contributed by atoms with Crippen molar-refractivity contribution in [1.29, 1.82) is 0 Å². The first-order valence-electron chi connectivity index (χ1n) is 7.13. The number of ether oxygens (including phenoxy) is 1. The second-order valence-electron chi connectivity index (χ2n) is 5.04. The molecular weight excluding hydrogens is 276 g/mol. The van der Waals surface area contributed by atoms with Crippen LogP contribution in [0.3, 0.4) is 0 Å². The molecule has 112 valence electrons. The van der Waals surface area contributed by atoms with Crippen molar-refractivity contribution in [2.24, 2.45) is 0 Å². The maximum atomic E-state index is 5.54. The number of pyridine rings is 1. The number of aromatic amines is 1. The first-order chi connectivity index (χ1) is 10.8. The SMILES string of the molecule is C=CCOc1cccc(CNc2cnc3n[nH]c(C)c3c2)c1. The molecule has 0 fully saturated rings. The van der Waals surface area contributed by atoms with E-state index in [1.807, 2.05) is 25.1 Å². The number of rotatable bonds is 6. The van der Waals surface area contributed by atoms with E-state index in [1.165, 1.54) is 0 Å². The maximum Gasteiger partial charge on any atom is 0.181 e.